The van der Waals surface area contributed by atoms with Gasteiger partial charge in [-0.15, -0.1) is 0 Å². The molecule has 0 aliphatic carbocycles. The maximum Gasteiger partial charge on any atom is 0.388 e. The highest BCUT2D eigenvalue weighted by Gasteiger charge is 2.43. The minimum absolute atomic E-state index is 0.0945. The van der Waals surface area contributed by atoms with Gasteiger partial charge < -0.3 is 33.6 Å². The van der Waals surface area contributed by atoms with Crippen LogP contribution in [0.3, 0.4) is 0 Å². The van der Waals surface area contributed by atoms with Crippen molar-refractivity contribution in [1.29, 1.82) is 0 Å². The van der Waals surface area contributed by atoms with Crippen LogP contribution < -0.4 is 28.8 Å². The summed E-state index contributed by atoms with van der Waals surface area (Å²) in [5, 5.41) is 11.8. The van der Waals surface area contributed by atoms with Crippen molar-refractivity contribution < 1.29 is 51.4 Å². The number of benzene rings is 2. The van der Waals surface area contributed by atoms with Gasteiger partial charge in [-0.05, 0) is 23.8 Å². The van der Waals surface area contributed by atoms with Crippen molar-refractivity contribution >= 4 is 28.8 Å². The molecule has 0 bridgehead atoms. The molecule has 2 aromatic rings. The van der Waals surface area contributed by atoms with Crippen LogP contribution in [0.5, 0.6) is 28.7 Å². The number of carbonyl (C=O) groups is 2. The van der Waals surface area contributed by atoms with Gasteiger partial charge in [-0.25, -0.2) is 4.79 Å². The Bertz CT molecular complexity index is 1090. The summed E-state index contributed by atoms with van der Waals surface area (Å²) < 4.78 is 64.6. The average molecular weight is 499 g/mol. The molecule has 0 saturated carbocycles. The summed E-state index contributed by atoms with van der Waals surface area (Å²) in [4.78, 5) is 22.0. The second kappa shape index (κ2) is 11.5. The van der Waals surface area contributed by atoms with Crippen molar-refractivity contribution in [3.8, 4) is 28.7 Å². The number of carboxylic acids is 1. The highest BCUT2D eigenvalue weighted by molar-refractivity contribution is 7.87. The van der Waals surface area contributed by atoms with Gasteiger partial charge in [0.1, 0.15) is 23.2 Å². The molecular formula is C22H21F2O9S-. The normalized spacial score (nSPS) is 12.2. The lowest BCUT2D eigenvalue weighted by Gasteiger charge is -2.17. The molecule has 2 rings (SSSR count). The van der Waals surface area contributed by atoms with Crippen LogP contribution in [0.2, 0.25) is 0 Å². The van der Waals surface area contributed by atoms with E-state index in [2.05, 4.69) is 4.74 Å². The summed E-state index contributed by atoms with van der Waals surface area (Å²) in [5.41, 5.74) is 0.838. The van der Waals surface area contributed by atoms with E-state index in [1.807, 2.05) is 0 Å². The Morgan fingerprint density at radius 3 is 2.03 bits per heavy atom. The number of methoxy groups -OCH3 is 4. The Labute approximate surface area is 196 Å². The van der Waals surface area contributed by atoms with E-state index in [1.165, 1.54) is 52.1 Å². The number of esters is 1. The molecule has 34 heavy (non-hydrogen) atoms. The number of aliphatic carboxylic acids is 1. The predicted molar refractivity (Wildman–Crippen MR) is 116 cm³/mol. The van der Waals surface area contributed by atoms with E-state index in [1.54, 1.807) is 12.1 Å². The molecule has 1 unspecified atom stereocenters. The summed E-state index contributed by atoms with van der Waals surface area (Å²) >= 11 is 0. The Morgan fingerprint density at radius 2 is 1.53 bits per heavy atom. The summed E-state index contributed by atoms with van der Waals surface area (Å²) in [6.07, 6.45) is 1.53. The Hall–Kier alpha value is -3.67. The summed E-state index contributed by atoms with van der Waals surface area (Å²) in [6, 6.07) is 7.16. The molecule has 0 aromatic heterocycles. The third-order valence-electron chi connectivity index (χ3n) is 4.39. The van der Waals surface area contributed by atoms with Gasteiger partial charge >= 0.3 is 11.9 Å². The molecule has 0 aliphatic rings. The van der Waals surface area contributed by atoms with E-state index in [0.717, 1.165) is 6.07 Å². The molecule has 0 aliphatic heterocycles. The third-order valence-corrected chi connectivity index (χ3v) is 5.45. The van der Waals surface area contributed by atoms with Crippen LogP contribution in [0.25, 0.3) is 6.08 Å². The molecule has 9 nitrogen and oxygen atoms in total. The fraction of sp³-hybridized carbons (Fsp3) is 0.273. The van der Waals surface area contributed by atoms with Gasteiger partial charge in [0, 0.05) is 17.5 Å². The van der Waals surface area contributed by atoms with Crippen molar-refractivity contribution in [2.75, 3.05) is 28.4 Å². The average Bonchev–Trinajstić information content (AvgIpc) is 2.82. The van der Waals surface area contributed by atoms with E-state index in [9.17, 15) is 27.7 Å². The Kier molecular flexibility index (Phi) is 8.96. The van der Waals surface area contributed by atoms with Crippen molar-refractivity contribution in [2.24, 2.45) is 0 Å². The number of hydrogen-bond acceptors (Lipinski definition) is 9. The molecule has 0 N–H and O–H groups in total. The first-order chi connectivity index (χ1) is 16.1. The molecule has 184 valence electrons. The van der Waals surface area contributed by atoms with Crippen LogP contribution in [0.1, 0.15) is 11.1 Å². The molecule has 0 radical (unpaired) electrons. The molecule has 0 amide bonds. The van der Waals surface area contributed by atoms with Crippen LogP contribution >= 0.6 is 0 Å². The van der Waals surface area contributed by atoms with Crippen LogP contribution in [0.15, 0.2) is 35.7 Å². The number of alkyl halides is 2. The second-order valence-corrected chi connectivity index (χ2v) is 7.83. The van der Waals surface area contributed by atoms with Gasteiger partial charge in [-0.3, -0.25) is 4.21 Å². The standard InChI is InChI=1S/C22H22F2O9S/c1-29-14-10-17(31-3)15(18(11-14)32-4)7-8-34(28)12-13-5-6-16(30-2)19(9-13)33-21(27)22(23,24)20(25)26/h5-11H,12H2,1-4H3,(H,25,26)/p-1/b8-7+. The van der Waals surface area contributed by atoms with Crippen molar-refractivity contribution in [1.82, 2.24) is 0 Å². The van der Waals surface area contributed by atoms with Crippen molar-refractivity contribution in [3.63, 3.8) is 0 Å². The second-order valence-electron chi connectivity index (χ2n) is 6.51. The molecule has 0 heterocycles. The minimum Gasteiger partial charge on any atom is -0.543 e. The summed E-state index contributed by atoms with van der Waals surface area (Å²) in [5.74, 6) is -9.45. The predicted octanol–water partition coefficient (Wildman–Crippen LogP) is 1.93. The first-order valence-electron chi connectivity index (χ1n) is 9.41. The maximum absolute atomic E-state index is 13.3. The van der Waals surface area contributed by atoms with Crippen molar-refractivity contribution in [3.05, 3.63) is 46.9 Å². The number of hydrogen-bond donors (Lipinski definition) is 0. The zero-order valence-electron chi connectivity index (χ0n) is 18.6. The number of halogens is 2. The summed E-state index contributed by atoms with van der Waals surface area (Å²) in [6.45, 7) is 0. The zero-order chi connectivity index (χ0) is 25.5. The lowest BCUT2D eigenvalue weighted by atomic mass is 10.1. The number of ether oxygens (including phenoxy) is 5. The van der Waals surface area contributed by atoms with E-state index in [0.29, 0.717) is 28.4 Å². The summed E-state index contributed by atoms with van der Waals surface area (Å²) in [7, 11) is 3.97. The van der Waals surface area contributed by atoms with Crippen LogP contribution in [-0.2, 0) is 26.1 Å². The maximum atomic E-state index is 13.3. The smallest absolute Gasteiger partial charge is 0.388 e. The van der Waals surface area contributed by atoms with Crippen LogP contribution in [0.4, 0.5) is 8.78 Å². The fourth-order valence-electron chi connectivity index (χ4n) is 2.69. The van der Waals surface area contributed by atoms with Gasteiger partial charge in [0.2, 0.25) is 0 Å². The van der Waals surface area contributed by atoms with Crippen LogP contribution in [-0.4, -0.2) is 50.5 Å². The molecular weight excluding hydrogens is 478 g/mol. The molecule has 0 fully saturated rings. The van der Waals surface area contributed by atoms with Crippen LogP contribution in [0, 0.1) is 0 Å². The highest BCUT2D eigenvalue weighted by Crippen LogP contribution is 2.35. The van der Waals surface area contributed by atoms with E-state index in [4.69, 9.17) is 18.9 Å². The molecule has 0 saturated heterocycles. The Morgan fingerprint density at radius 1 is 0.941 bits per heavy atom. The fourth-order valence-corrected chi connectivity index (χ4v) is 3.58. The number of carboxylic acid groups (broad SMARTS) is 1. The number of carbonyl (C=O) groups excluding carboxylic acids is 2. The monoisotopic (exact) mass is 499 g/mol. The molecule has 1 atom stereocenters. The first-order valence-corrected chi connectivity index (χ1v) is 10.8. The lowest BCUT2D eigenvalue weighted by Crippen LogP contribution is -2.49. The lowest BCUT2D eigenvalue weighted by molar-refractivity contribution is -0.326. The van der Waals surface area contributed by atoms with Crippen molar-refractivity contribution in [2.45, 2.75) is 11.7 Å². The van der Waals surface area contributed by atoms with Gasteiger partial charge in [0.25, 0.3) is 0 Å². The number of rotatable bonds is 11. The minimum atomic E-state index is -4.86. The van der Waals surface area contributed by atoms with E-state index in [-0.39, 0.29) is 11.5 Å². The first kappa shape index (κ1) is 26.6. The van der Waals surface area contributed by atoms with Gasteiger partial charge in [-0.2, -0.15) is 8.78 Å². The van der Waals surface area contributed by atoms with Gasteiger partial charge in [0.05, 0.1) is 50.6 Å². The SMILES string of the molecule is COc1cc(OC)c(/C=C/S(=O)Cc2ccc(OC)c(OC(=O)C(F)(F)C(=O)[O-])c2)c(OC)c1. The molecule has 12 heteroatoms. The van der Waals surface area contributed by atoms with E-state index < -0.39 is 34.4 Å². The highest BCUT2D eigenvalue weighted by atomic mass is 32.2. The quantitative estimate of drug-likeness (QED) is 0.259. The molecule has 0 spiro atoms. The largest absolute Gasteiger partial charge is 0.543 e. The topological polar surface area (TPSA) is 120 Å². The van der Waals surface area contributed by atoms with Gasteiger partial charge in [0.15, 0.2) is 11.5 Å². The van der Waals surface area contributed by atoms with Gasteiger partial charge in [-0.1, -0.05) is 6.07 Å². The Balaban J connectivity index is 2.26. The molecule has 2 aromatic carbocycles. The zero-order valence-corrected chi connectivity index (χ0v) is 19.4. The third kappa shape index (κ3) is 6.22. The van der Waals surface area contributed by atoms with E-state index >= 15 is 0 Å².